The fraction of sp³-hybridized carbons (Fsp3) is 0.500. The SMILES string of the molecule is CC(CO)N(C)CCOc1c(Cl)cccc1Cl. The van der Waals surface area contributed by atoms with Crippen LogP contribution in [0, 0.1) is 0 Å². The molecule has 96 valence electrons. The van der Waals surface area contributed by atoms with E-state index in [4.69, 9.17) is 33.0 Å². The number of ether oxygens (including phenoxy) is 1. The van der Waals surface area contributed by atoms with Crippen molar-refractivity contribution in [2.75, 3.05) is 26.8 Å². The monoisotopic (exact) mass is 277 g/mol. The zero-order valence-electron chi connectivity index (χ0n) is 9.99. The minimum atomic E-state index is 0.111. The van der Waals surface area contributed by atoms with Gasteiger partial charge in [0.05, 0.1) is 16.7 Å². The topological polar surface area (TPSA) is 32.7 Å². The number of hydrogen-bond acceptors (Lipinski definition) is 3. The number of para-hydroxylation sites is 1. The highest BCUT2D eigenvalue weighted by atomic mass is 35.5. The molecule has 0 aliphatic heterocycles. The highest BCUT2D eigenvalue weighted by Gasteiger charge is 2.09. The normalized spacial score (nSPS) is 12.8. The predicted octanol–water partition coefficient (Wildman–Crippen LogP) is 2.68. The molecule has 0 saturated carbocycles. The second-order valence-corrected chi connectivity index (χ2v) is 4.73. The maximum Gasteiger partial charge on any atom is 0.156 e. The summed E-state index contributed by atoms with van der Waals surface area (Å²) < 4.78 is 5.55. The minimum Gasteiger partial charge on any atom is -0.489 e. The number of likely N-dealkylation sites (N-methyl/N-ethyl adjacent to an activating group) is 1. The Balaban J connectivity index is 2.46. The van der Waals surface area contributed by atoms with Gasteiger partial charge in [-0.3, -0.25) is 4.90 Å². The summed E-state index contributed by atoms with van der Waals surface area (Å²) >= 11 is 11.9. The van der Waals surface area contributed by atoms with E-state index < -0.39 is 0 Å². The van der Waals surface area contributed by atoms with Crippen LogP contribution in [-0.4, -0.2) is 42.9 Å². The third-order valence-corrected chi connectivity index (χ3v) is 3.22. The average molecular weight is 278 g/mol. The van der Waals surface area contributed by atoms with Gasteiger partial charge in [0.2, 0.25) is 0 Å². The molecule has 3 nitrogen and oxygen atoms in total. The molecule has 1 N–H and O–H groups in total. The fourth-order valence-corrected chi connectivity index (χ4v) is 1.78. The lowest BCUT2D eigenvalue weighted by Gasteiger charge is -2.22. The summed E-state index contributed by atoms with van der Waals surface area (Å²) in [4.78, 5) is 2.00. The number of hydrogen-bond donors (Lipinski definition) is 1. The molecule has 1 atom stereocenters. The molecule has 0 saturated heterocycles. The predicted molar refractivity (Wildman–Crippen MR) is 71.1 cm³/mol. The highest BCUT2D eigenvalue weighted by Crippen LogP contribution is 2.32. The maximum absolute atomic E-state index is 8.99. The first-order chi connectivity index (χ1) is 8.06. The second-order valence-electron chi connectivity index (χ2n) is 3.91. The van der Waals surface area contributed by atoms with Crippen LogP contribution in [0.15, 0.2) is 18.2 Å². The molecular weight excluding hydrogens is 261 g/mol. The smallest absolute Gasteiger partial charge is 0.156 e. The lowest BCUT2D eigenvalue weighted by molar-refractivity contribution is 0.140. The van der Waals surface area contributed by atoms with Gasteiger partial charge in [0.15, 0.2) is 5.75 Å². The molecule has 1 rings (SSSR count). The highest BCUT2D eigenvalue weighted by molar-refractivity contribution is 6.37. The number of nitrogens with zero attached hydrogens (tertiary/aromatic N) is 1. The first-order valence-corrected chi connectivity index (χ1v) is 6.19. The summed E-state index contributed by atoms with van der Waals surface area (Å²) in [5.74, 6) is 0.515. The van der Waals surface area contributed by atoms with Gasteiger partial charge in [-0.25, -0.2) is 0 Å². The number of rotatable bonds is 6. The molecule has 0 aromatic heterocycles. The van der Waals surface area contributed by atoms with Gasteiger partial charge < -0.3 is 9.84 Å². The molecule has 17 heavy (non-hydrogen) atoms. The molecule has 0 spiro atoms. The summed E-state index contributed by atoms with van der Waals surface area (Å²) in [6.45, 7) is 3.25. The lowest BCUT2D eigenvalue weighted by Crippen LogP contribution is -2.35. The molecule has 0 bridgehead atoms. The van der Waals surface area contributed by atoms with Crippen molar-refractivity contribution in [1.82, 2.24) is 4.90 Å². The van der Waals surface area contributed by atoms with Crippen LogP contribution in [0.3, 0.4) is 0 Å². The molecule has 1 aromatic carbocycles. The van der Waals surface area contributed by atoms with Gasteiger partial charge in [0.1, 0.15) is 6.61 Å². The standard InChI is InChI=1S/C12H17Cl2NO2/c1-9(8-16)15(2)6-7-17-12-10(13)4-3-5-11(12)14/h3-5,9,16H,6-8H2,1-2H3. The summed E-state index contributed by atoms with van der Waals surface area (Å²) in [5.41, 5.74) is 0. The Bertz CT molecular complexity index is 340. The molecule has 0 amide bonds. The fourth-order valence-electron chi connectivity index (χ4n) is 1.27. The second kappa shape index (κ2) is 7.07. The molecule has 0 fully saturated rings. The Morgan fingerprint density at radius 3 is 2.47 bits per heavy atom. The minimum absolute atomic E-state index is 0.111. The van der Waals surface area contributed by atoms with Crippen LogP contribution in [0.5, 0.6) is 5.75 Å². The van der Waals surface area contributed by atoms with Crippen LogP contribution >= 0.6 is 23.2 Å². The Morgan fingerprint density at radius 2 is 1.94 bits per heavy atom. The molecule has 0 radical (unpaired) electrons. The van der Waals surface area contributed by atoms with Crippen molar-refractivity contribution >= 4 is 23.2 Å². The van der Waals surface area contributed by atoms with Crippen molar-refractivity contribution in [3.05, 3.63) is 28.2 Å². The number of aliphatic hydroxyl groups excluding tert-OH is 1. The van der Waals surface area contributed by atoms with Crippen molar-refractivity contribution in [3.8, 4) is 5.75 Å². The van der Waals surface area contributed by atoms with Crippen molar-refractivity contribution in [2.24, 2.45) is 0 Å². The van der Waals surface area contributed by atoms with Crippen molar-refractivity contribution in [3.63, 3.8) is 0 Å². The van der Waals surface area contributed by atoms with Gasteiger partial charge in [0.25, 0.3) is 0 Å². The molecule has 5 heteroatoms. The summed E-state index contributed by atoms with van der Waals surface area (Å²) in [6.07, 6.45) is 0. The van der Waals surface area contributed by atoms with Gasteiger partial charge in [-0.15, -0.1) is 0 Å². The molecule has 0 aliphatic rings. The van der Waals surface area contributed by atoms with Gasteiger partial charge in [-0.05, 0) is 26.1 Å². The molecule has 0 aliphatic carbocycles. The third-order valence-electron chi connectivity index (χ3n) is 2.63. The van der Waals surface area contributed by atoms with E-state index in [2.05, 4.69) is 0 Å². The first kappa shape index (κ1) is 14.6. The Hall–Kier alpha value is -0.480. The molecule has 1 aromatic rings. The summed E-state index contributed by atoms with van der Waals surface area (Å²) in [6, 6.07) is 5.36. The largest absolute Gasteiger partial charge is 0.489 e. The van der Waals surface area contributed by atoms with E-state index in [1.807, 2.05) is 18.9 Å². The van der Waals surface area contributed by atoms with E-state index in [0.29, 0.717) is 28.9 Å². The third kappa shape index (κ3) is 4.36. The lowest BCUT2D eigenvalue weighted by atomic mass is 10.3. The Kier molecular flexibility index (Phi) is 6.06. The van der Waals surface area contributed by atoms with E-state index in [1.54, 1.807) is 18.2 Å². The number of aliphatic hydroxyl groups is 1. The molecule has 0 heterocycles. The Labute approximate surface area is 112 Å². The van der Waals surface area contributed by atoms with E-state index in [1.165, 1.54) is 0 Å². The van der Waals surface area contributed by atoms with Crippen LogP contribution < -0.4 is 4.74 Å². The van der Waals surface area contributed by atoms with E-state index >= 15 is 0 Å². The van der Waals surface area contributed by atoms with Crippen molar-refractivity contribution in [2.45, 2.75) is 13.0 Å². The van der Waals surface area contributed by atoms with Crippen molar-refractivity contribution < 1.29 is 9.84 Å². The van der Waals surface area contributed by atoms with Gasteiger partial charge in [0, 0.05) is 12.6 Å². The van der Waals surface area contributed by atoms with Crippen LogP contribution in [0.2, 0.25) is 10.0 Å². The summed E-state index contributed by atoms with van der Waals surface area (Å²) in [7, 11) is 1.93. The molecular formula is C12H17Cl2NO2. The van der Waals surface area contributed by atoms with Crippen LogP contribution in [0.1, 0.15) is 6.92 Å². The molecule has 1 unspecified atom stereocenters. The first-order valence-electron chi connectivity index (χ1n) is 5.44. The maximum atomic E-state index is 8.99. The number of benzene rings is 1. The van der Waals surface area contributed by atoms with E-state index in [0.717, 1.165) is 0 Å². The Morgan fingerprint density at radius 1 is 1.35 bits per heavy atom. The van der Waals surface area contributed by atoms with Gasteiger partial charge in [-0.2, -0.15) is 0 Å². The van der Waals surface area contributed by atoms with E-state index in [-0.39, 0.29) is 12.6 Å². The zero-order valence-corrected chi connectivity index (χ0v) is 11.5. The van der Waals surface area contributed by atoms with E-state index in [9.17, 15) is 0 Å². The quantitative estimate of drug-likeness (QED) is 0.868. The van der Waals surface area contributed by atoms with Gasteiger partial charge >= 0.3 is 0 Å². The average Bonchev–Trinajstić information content (AvgIpc) is 2.31. The van der Waals surface area contributed by atoms with Crippen LogP contribution in [-0.2, 0) is 0 Å². The van der Waals surface area contributed by atoms with Crippen LogP contribution in [0.4, 0.5) is 0 Å². The number of halogens is 2. The van der Waals surface area contributed by atoms with Gasteiger partial charge in [-0.1, -0.05) is 29.3 Å². The van der Waals surface area contributed by atoms with Crippen LogP contribution in [0.25, 0.3) is 0 Å². The zero-order chi connectivity index (χ0) is 12.8. The van der Waals surface area contributed by atoms with Crippen molar-refractivity contribution in [1.29, 1.82) is 0 Å². The summed E-state index contributed by atoms with van der Waals surface area (Å²) in [5, 5.41) is 10.0.